The van der Waals surface area contributed by atoms with Crippen LogP contribution in [0.15, 0.2) is 134 Å². The minimum absolute atomic E-state index is 0.0889. The van der Waals surface area contributed by atoms with Crippen LogP contribution in [0.1, 0.15) is 303 Å². The molecule has 0 aliphatic heterocycles. The predicted molar refractivity (Wildman–Crippen MR) is 353 cm³/mol. The Balaban J connectivity index is 4.34. The van der Waals surface area contributed by atoms with Gasteiger partial charge in [0.25, 0.3) is 0 Å². The van der Waals surface area contributed by atoms with Crippen LogP contribution in [0, 0.1) is 0 Å². The summed E-state index contributed by atoms with van der Waals surface area (Å²) in [7, 11) is 0. The van der Waals surface area contributed by atoms with E-state index in [0.717, 1.165) is 154 Å². The second kappa shape index (κ2) is 68.1. The van der Waals surface area contributed by atoms with E-state index in [1.54, 1.807) is 0 Å². The van der Waals surface area contributed by atoms with Gasteiger partial charge in [-0.25, -0.2) is 0 Å². The van der Waals surface area contributed by atoms with E-state index >= 15 is 0 Å². The van der Waals surface area contributed by atoms with E-state index in [-0.39, 0.29) is 31.1 Å². The lowest BCUT2D eigenvalue weighted by atomic mass is 10.0. The molecule has 1 unspecified atom stereocenters. The van der Waals surface area contributed by atoms with Crippen molar-refractivity contribution in [3.8, 4) is 0 Å². The van der Waals surface area contributed by atoms with E-state index in [1.807, 2.05) is 0 Å². The van der Waals surface area contributed by atoms with E-state index in [2.05, 4.69) is 154 Å². The fourth-order valence-electron chi connectivity index (χ4n) is 9.15. The molecule has 0 aromatic carbocycles. The van der Waals surface area contributed by atoms with Crippen molar-refractivity contribution in [2.75, 3.05) is 13.2 Å². The van der Waals surface area contributed by atoms with Crippen molar-refractivity contribution in [2.45, 2.75) is 309 Å². The minimum Gasteiger partial charge on any atom is -0.462 e. The highest BCUT2D eigenvalue weighted by molar-refractivity contribution is 5.71. The smallest absolute Gasteiger partial charge is 0.306 e. The second-order valence-corrected chi connectivity index (χ2v) is 22.0. The zero-order chi connectivity index (χ0) is 58.5. The molecular formula is C75H124O6. The molecule has 0 saturated heterocycles. The fraction of sp³-hybridized carbons (Fsp3) is 0.667. The first kappa shape index (κ1) is 76.5. The molecule has 0 aromatic rings. The van der Waals surface area contributed by atoms with Crippen LogP contribution in [0.3, 0.4) is 0 Å². The minimum atomic E-state index is -0.793. The Kier molecular flexibility index (Phi) is 64.3. The molecule has 6 heteroatoms. The lowest BCUT2D eigenvalue weighted by Gasteiger charge is -2.18. The SMILES string of the molecule is CC/C=C\C/C=C\C/C=C\C/C=C\C/C=C\CCCCCCCCCCCC(=O)OCC(COC(=O)CCCCCCC/C=C\C/C=C\CCC)OC(=O)CCCCCCCCCCCCCC/C=C\C/C=C\C/C=C\C/C=C\CC. The maximum atomic E-state index is 12.9. The average molecular weight is 1120 g/mol. The van der Waals surface area contributed by atoms with Gasteiger partial charge in [-0.1, -0.05) is 289 Å². The standard InChI is InChI=1S/C75H124O6/c1-4-7-10-13-16-19-22-25-27-29-31-33-35-37-39-41-43-45-47-50-53-56-59-62-65-68-74(77)80-71-72(70-79-73(76)67-64-61-58-55-52-49-24-21-18-15-12-9-6-3)81-75(78)69-66-63-60-57-54-51-48-46-44-42-40-38-36-34-32-30-28-26-23-20-17-14-11-8-5-2/h7-8,10-12,15-17,19-21,24-28,31-34,37,39,72H,4-6,9,13-14,18,22-23,29-30,35-36,38,40-71H2,1-3H3/b10-7-,11-8-,15-12-,19-16-,20-17-,24-21-,27-25-,28-26-,33-31-,34-32-,39-37-. The highest BCUT2D eigenvalue weighted by Crippen LogP contribution is 2.16. The average Bonchev–Trinajstić information content (AvgIpc) is 3.46. The molecule has 6 nitrogen and oxygen atoms in total. The van der Waals surface area contributed by atoms with Crippen molar-refractivity contribution in [2.24, 2.45) is 0 Å². The van der Waals surface area contributed by atoms with Crippen LogP contribution in [0.4, 0.5) is 0 Å². The molecule has 0 radical (unpaired) electrons. The van der Waals surface area contributed by atoms with Gasteiger partial charge in [0.15, 0.2) is 6.10 Å². The molecule has 0 aliphatic carbocycles. The van der Waals surface area contributed by atoms with Crippen LogP contribution in [0.2, 0.25) is 0 Å². The number of rotatable bonds is 60. The van der Waals surface area contributed by atoms with E-state index in [1.165, 1.54) is 109 Å². The number of hydrogen-bond donors (Lipinski definition) is 0. The highest BCUT2D eigenvalue weighted by atomic mass is 16.6. The zero-order valence-electron chi connectivity index (χ0n) is 52.8. The van der Waals surface area contributed by atoms with Crippen LogP contribution in [0.25, 0.3) is 0 Å². The molecule has 0 aliphatic rings. The van der Waals surface area contributed by atoms with Gasteiger partial charge in [0, 0.05) is 19.3 Å². The number of hydrogen-bond acceptors (Lipinski definition) is 6. The van der Waals surface area contributed by atoms with Gasteiger partial charge in [-0.05, 0) is 128 Å². The maximum absolute atomic E-state index is 12.9. The summed E-state index contributed by atoms with van der Waals surface area (Å²) in [6, 6.07) is 0. The fourth-order valence-corrected chi connectivity index (χ4v) is 9.15. The third-order valence-corrected chi connectivity index (χ3v) is 14.1. The topological polar surface area (TPSA) is 78.9 Å². The third-order valence-electron chi connectivity index (χ3n) is 14.1. The van der Waals surface area contributed by atoms with Crippen LogP contribution >= 0.6 is 0 Å². The van der Waals surface area contributed by atoms with Gasteiger partial charge in [-0.3, -0.25) is 14.4 Å². The van der Waals surface area contributed by atoms with E-state index in [0.29, 0.717) is 19.3 Å². The Hall–Kier alpha value is -4.45. The molecule has 0 heterocycles. The van der Waals surface area contributed by atoms with Crippen LogP contribution < -0.4 is 0 Å². The summed E-state index contributed by atoms with van der Waals surface area (Å²) < 4.78 is 16.9. The Morgan fingerprint density at radius 2 is 0.481 bits per heavy atom. The van der Waals surface area contributed by atoms with Crippen LogP contribution in [-0.2, 0) is 28.6 Å². The summed E-state index contributed by atoms with van der Waals surface area (Å²) in [5.74, 6) is -0.905. The van der Waals surface area contributed by atoms with Crippen molar-refractivity contribution >= 4 is 17.9 Å². The van der Waals surface area contributed by atoms with Gasteiger partial charge >= 0.3 is 17.9 Å². The number of unbranched alkanes of at least 4 members (excludes halogenated alkanes) is 27. The third kappa shape index (κ3) is 66.2. The summed E-state index contributed by atoms with van der Waals surface area (Å²) in [6.45, 7) is 6.35. The van der Waals surface area contributed by atoms with Crippen LogP contribution in [0.5, 0.6) is 0 Å². The first-order valence-electron chi connectivity index (χ1n) is 33.7. The molecular weight excluding hydrogens is 997 g/mol. The summed E-state index contributed by atoms with van der Waals surface area (Å²) in [6.07, 6.45) is 96.0. The maximum Gasteiger partial charge on any atom is 0.306 e. The Morgan fingerprint density at radius 1 is 0.259 bits per heavy atom. The van der Waals surface area contributed by atoms with E-state index in [4.69, 9.17) is 14.2 Å². The number of carbonyl (C=O) groups is 3. The molecule has 0 spiro atoms. The molecule has 0 amide bonds. The van der Waals surface area contributed by atoms with Gasteiger partial charge < -0.3 is 14.2 Å². The van der Waals surface area contributed by atoms with Crippen molar-refractivity contribution in [3.63, 3.8) is 0 Å². The Bertz CT molecular complexity index is 1720. The second-order valence-electron chi connectivity index (χ2n) is 22.0. The number of esters is 3. The predicted octanol–water partition coefficient (Wildman–Crippen LogP) is 23.3. The molecule has 460 valence electrons. The Labute approximate surface area is 500 Å². The van der Waals surface area contributed by atoms with Gasteiger partial charge in [0.05, 0.1) is 0 Å². The molecule has 0 fully saturated rings. The first-order chi connectivity index (χ1) is 40.0. The summed E-state index contributed by atoms with van der Waals surface area (Å²) >= 11 is 0. The van der Waals surface area contributed by atoms with Gasteiger partial charge in [0.1, 0.15) is 13.2 Å². The molecule has 0 rings (SSSR count). The quantitative estimate of drug-likeness (QED) is 0.0261. The van der Waals surface area contributed by atoms with Crippen molar-refractivity contribution in [1.82, 2.24) is 0 Å². The molecule has 0 N–H and O–H groups in total. The Morgan fingerprint density at radius 3 is 0.753 bits per heavy atom. The molecule has 0 saturated carbocycles. The molecule has 81 heavy (non-hydrogen) atoms. The monoisotopic (exact) mass is 1120 g/mol. The normalized spacial score (nSPS) is 13.0. The van der Waals surface area contributed by atoms with E-state index in [9.17, 15) is 14.4 Å². The van der Waals surface area contributed by atoms with Gasteiger partial charge in [0.2, 0.25) is 0 Å². The first-order valence-corrected chi connectivity index (χ1v) is 33.7. The summed E-state index contributed by atoms with van der Waals surface area (Å²) in [5, 5.41) is 0. The van der Waals surface area contributed by atoms with Gasteiger partial charge in [-0.2, -0.15) is 0 Å². The number of ether oxygens (including phenoxy) is 3. The van der Waals surface area contributed by atoms with Crippen LogP contribution in [-0.4, -0.2) is 37.2 Å². The lowest BCUT2D eigenvalue weighted by molar-refractivity contribution is -0.167. The largest absolute Gasteiger partial charge is 0.462 e. The number of carbonyl (C=O) groups excluding carboxylic acids is 3. The van der Waals surface area contributed by atoms with Gasteiger partial charge in [-0.15, -0.1) is 0 Å². The van der Waals surface area contributed by atoms with E-state index < -0.39 is 6.10 Å². The molecule has 0 bridgehead atoms. The van der Waals surface area contributed by atoms with Crippen molar-refractivity contribution in [1.29, 1.82) is 0 Å². The molecule has 0 aromatic heterocycles. The van der Waals surface area contributed by atoms with Crippen molar-refractivity contribution < 1.29 is 28.6 Å². The van der Waals surface area contributed by atoms with Crippen molar-refractivity contribution in [3.05, 3.63) is 134 Å². The number of allylic oxidation sites excluding steroid dienone is 22. The molecule has 1 atom stereocenters. The highest BCUT2D eigenvalue weighted by Gasteiger charge is 2.19. The summed E-state index contributed by atoms with van der Waals surface area (Å²) in [5.41, 5.74) is 0. The zero-order valence-corrected chi connectivity index (χ0v) is 52.8. The summed E-state index contributed by atoms with van der Waals surface area (Å²) in [4.78, 5) is 38.4. The lowest BCUT2D eigenvalue weighted by Crippen LogP contribution is -2.30.